The van der Waals surface area contributed by atoms with Gasteiger partial charge in [-0.15, -0.1) is 0 Å². The summed E-state index contributed by atoms with van der Waals surface area (Å²) in [5.74, 6) is -1.29. The van der Waals surface area contributed by atoms with Gasteiger partial charge in [0, 0.05) is 12.6 Å². The number of hydrogen-bond acceptors (Lipinski definition) is 4. The zero-order valence-electron chi connectivity index (χ0n) is 24.6. The van der Waals surface area contributed by atoms with Crippen LogP contribution in [0.2, 0.25) is 0 Å². The lowest BCUT2D eigenvalue weighted by atomic mass is 10.1. The average molecular weight is 582 g/mol. The van der Waals surface area contributed by atoms with Crippen molar-refractivity contribution in [3.05, 3.63) is 94.8 Å². The number of benzene rings is 3. The maximum atomic E-state index is 14.1. The fraction of sp³-hybridized carbons (Fsp3) is 0.375. The van der Waals surface area contributed by atoms with Crippen LogP contribution in [-0.4, -0.2) is 43.8 Å². The minimum atomic E-state index is -4.15. The lowest BCUT2D eigenvalue weighted by Crippen LogP contribution is -2.53. The predicted octanol–water partition coefficient (Wildman–Crippen LogP) is 5.67. The van der Waals surface area contributed by atoms with E-state index in [1.807, 2.05) is 40.7 Å². The van der Waals surface area contributed by atoms with Crippen LogP contribution in [0.15, 0.2) is 71.6 Å². The number of hydrogen-bond donors (Lipinski definition) is 1. The summed E-state index contributed by atoms with van der Waals surface area (Å²) in [6, 6.07) is 16.4. The molecule has 2 amide bonds. The molecule has 220 valence electrons. The fourth-order valence-electron chi connectivity index (χ4n) is 4.39. The minimum absolute atomic E-state index is 0.0108. The Morgan fingerprint density at radius 3 is 2.07 bits per heavy atom. The number of carbonyl (C=O) groups excluding carboxylic acids is 2. The van der Waals surface area contributed by atoms with E-state index in [2.05, 4.69) is 5.32 Å². The Balaban J connectivity index is 2.08. The summed E-state index contributed by atoms with van der Waals surface area (Å²) < 4.78 is 42.7. The van der Waals surface area contributed by atoms with Crippen LogP contribution in [0.25, 0.3) is 0 Å². The van der Waals surface area contributed by atoms with Crippen LogP contribution < -0.4 is 9.62 Å². The van der Waals surface area contributed by atoms with Crippen molar-refractivity contribution in [3.63, 3.8) is 0 Å². The first kappa shape index (κ1) is 31.8. The fourth-order valence-corrected chi connectivity index (χ4v) is 5.80. The number of sulfonamides is 1. The van der Waals surface area contributed by atoms with Crippen molar-refractivity contribution in [2.45, 2.75) is 77.9 Å². The zero-order chi connectivity index (χ0) is 30.3. The van der Waals surface area contributed by atoms with Gasteiger partial charge in [0.1, 0.15) is 18.4 Å². The van der Waals surface area contributed by atoms with E-state index in [4.69, 9.17) is 0 Å². The van der Waals surface area contributed by atoms with Crippen molar-refractivity contribution in [2.75, 3.05) is 10.8 Å². The summed E-state index contributed by atoms with van der Waals surface area (Å²) in [6.45, 7) is 10.8. The molecule has 0 aliphatic carbocycles. The minimum Gasteiger partial charge on any atom is -0.352 e. The largest absolute Gasteiger partial charge is 0.352 e. The summed E-state index contributed by atoms with van der Waals surface area (Å²) in [7, 11) is -4.15. The number of rotatable bonds is 12. The van der Waals surface area contributed by atoms with Crippen molar-refractivity contribution in [1.82, 2.24) is 10.2 Å². The van der Waals surface area contributed by atoms with Gasteiger partial charge in [-0.2, -0.15) is 0 Å². The Morgan fingerprint density at radius 1 is 0.878 bits per heavy atom. The Labute approximate surface area is 243 Å². The van der Waals surface area contributed by atoms with E-state index in [1.54, 1.807) is 43.3 Å². The summed E-state index contributed by atoms with van der Waals surface area (Å²) in [6.07, 6.45) is 1.02. The van der Waals surface area contributed by atoms with Crippen LogP contribution >= 0.6 is 0 Å². The molecule has 3 aromatic rings. The third kappa shape index (κ3) is 7.94. The molecule has 0 aliphatic rings. The highest BCUT2D eigenvalue weighted by Crippen LogP contribution is 2.27. The predicted molar refractivity (Wildman–Crippen MR) is 161 cm³/mol. The van der Waals surface area contributed by atoms with Gasteiger partial charge in [0.2, 0.25) is 11.8 Å². The van der Waals surface area contributed by atoms with E-state index in [0.29, 0.717) is 24.1 Å². The van der Waals surface area contributed by atoms with Crippen LogP contribution in [0.3, 0.4) is 0 Å². The molecule has 0 radical (unpaired) electrons. The van der Waals surface area contributed by atoms with E-state index in [1.165, 1.54) is 29.2 Å². The van der Waals surface area contributed by atoms with Crippen LogP contribution in [0.5, 0.6) is 0 Å². The molecule has 2 atom stereocenters. The highest BCUT2D eigenvalue weighted by Gasteiger charge is 2.34. The molecule has 0 fully saturated rings. The van der Waals surface area contributed by atoms with Gasteiger partial charge in [0.05, 0.1) is 10.6 Å². The van der Waals surface area contributed by atoms with Crippen LogP contribution in [0.4, 0.5) is 10.1 Å². The summed E-state index contributed by atoms with van der Waals surface area (Å²) in [4.78, 5) is 28.9. The zero-order valence-corrected chi connectivity index (χ0v) is 25.5. The molecule has 41 heavy (non-hydrogen) atoms. The first-order chi connectivity index (χ1) is 19.4. The van der Waals surface area contributed by atoms with Crippen LogP contribution in [-0.2, 0) is 26.2 Å². The van der Waals surface area contributed by atoms with Crippen molar-refractivity contribution < 1.29 is 22.4 Å². The smallest absolute Gasteiger partial charge is 0.264 e. The molecule has 0 heterocycles. The number of nitrogens with one attached hydrogen (secondary N) is 1. The molecular formula is C32H40FN3O4S. The quantitative estimate of drug-likeness (QED) is 0.299. The third-order valence-corrected chi connectivity index (χ3v) is 9.11. The maximum Gasteiger partial charge on any atom is 0.264 e. The Kier molecular flexibility index (Phi) is 10.7. The molecule has 9 heteroatoms. The maximum absolute atomic E-state index is 14.1. The molecule has 0 unspecified atom stereocenters. The molecule has 0 saturated heterocycles. The summed E-state index contributed by atoms with van der Waals surface area (Å²) >= 11 is 0. The van der Waals surface area contributed by atoms with Gasteiger partial charge in [-0.25, -0.2) is 12.8 Å². The van der Waals surface area contributed by atoms with Crippen LogP contribution in [0, 0.1) is 26.6 Å². The van der Waals surface area contributed by atoms with E-state index in [9.17, 15) is 22.4 Å². The molecule has 0 bridgehead atoms. The highest BCUT2D eigenvalue weighted by molar-refractivity contribution is 7.92. The van der Waals surface area contributed by atoms with Gasteiger partial charge in [-0.05, 0) is 93.6 Å². The third-order valence-electron chi connectivity index (χ3n) is 7.32. The van der Waals surface area contributed by atoms with Gasteiger partial charge >= 0.3 is 0 Å². The van der Waals surface area contributed by atoms with Crippen molar-refractivity contribution in [3.8, 4) is 0 Å². The number of aryl methyl sites for hydroxylation is 3. The van der Waals surface area contributed by atoms with Gasteiger partial charge in [0.25, 0.3) is 10.0 Å². The first-order valence-electron chi connectivity index (χ1n) is 13.9. The molecule has 1 N–H and O–H groups in total. The molecular weight excluding hydrogens is 541 g/mol. The van der Waals surface area contributed by atoms with Crippen molar-refractivity contribution in [1.29, 1.82) is 0 Å². The monoisotopic (exact) mass is 581 g/mol. The average Bonchev–Trinajstić information content (AvgIpc) is 2.94. The number of anilines is 1. The van der Waals surface area contributed by atoms with E-state index >= 15 is 0 Å². The van der Waals surface area contributed by atoms with Crippen LogP contribution in [0.1, 0.15) is 55.9 Å². The second-order valence-corrected chi connectivity index (χ2v) is 12.3. The van der Waals surface area contributed by atoms with E-state index < -0.39 is 34.3 Å². The second kappa shape index (κ2) is 13.8. The Morgan fingerprint density at radius 2 is 1.51 bits per heavy atom. The Bertz CT molecular complexity index is 1460. The van der Waals surface area contributed by atoms with Gasteiger partial charge < -0.3 is 10.2 Å². The Hall–Kier alpha value is -3.72. The van der Waals surface area contributed by atoms with Crippen molar-refractivity contribution in [2.24, 2.45) is 0 Å². The summed E-state index contributed by atoms with van der Waals surface area (Å²) in [5, 5.41) is 2.95. The normalized spacial score (nSPS) is 12.9. The van der Waals surface area contributed by atoms with E-state index in [-0.39, 0.29) is 23.4 Å². The SMILES string of the molecule is CC[C@@H](C)NC(=O)[C@H](CC)N(Cc1ccc(F)cc1)C(=O)CN(c1ccc(C)c(C)c1)S(=O)(=O)c1ccc(C)cc1. The molecule has 0 aromatic heterocycles. The van der Waals surface area contributed by atoms with Gasteiger partial charge in [0.15, 0.2) is 0 Å². The summed E-state index contributed by atoms with van der Waals surface area (Å²) in [5.41, 5.74) is 3.73. The molecule has 7 nitrogen and oxygen atoms in total. The topological polar surface area (TPSA) is 86.8 Å². The van der Waals surface area contributed by atoms with E-state index in [0.717, 1.165) is 21.0 Å². The standard InChI is InChI=1S/C32H40FN3O4S/c1-7-25(6)34-32(38)30(8-2)35(20-26-12-14-27(33)15-13-26)31(37)21-36(28-16-11-23(4)24(5)19-28)41(39,40)29-17-9-22(3)10-18-29/h9-19,25,30H,7-8,20-21H2,1-6H3,(H,34,38)/t25-,30+/m1/s1. The number of halogens is 1. The molecule has 0 spiro atoms. The lowest BCUT2D eigenvalue weighted by Gasteiger charge is -2.34. The number of nitrogens with zero attached hydrogens (tertiary/aromatic N) is 2. The molecule has 0 saturated carbocycles. The molecule has 3 aromatic carbocycles. The number of carbonyl (C=O) groups is 2. The van der Waals surface area contributed by atoms with Crippen molar-refractivity contribution >= 4 is 27.5 Å². The van der Waals surface area contributed by atoms with Gasteiger partial charge in [-0.1, -0.05) is 49.7 Å². The lowest BCUT2D eigenvalue weighted by molar-refractivity contribution is -0.140. The highest BCUT2D eigenvalue weighted by atomic mass is 32.2. The first-order valence-corrected chi connectivity index (χ1v) is 15.3. The van der Waals surface area contributed by atoms with Gasteiger partial charge in [-0.3, -0.25) is 13.9 Å². The second-order valence-electron chi connectivity index (χ2n) is 10.5. The molecule has 0 aliphatic heterocycles. The number of amides is 2. The molecule has 3 rings (SSSR count).